The molecule has 0 spiro atoms. The Labute approximate surface area is 76.3 Å². The number of Topliss-reactive ketones (excluding diaryl/α,β-unsaturated/α-hetero) is 1. The van der Waals surface area contributed by atoms with Gasteiger partial charge in [0.2, 0.25) is 0 Å². The molecule has 64 valence electrons. The van der Waals surface area contributed by atoms with E-state index in [4.69, 9.17) is 11.9 Å². The molecule has 0 heterocycles. The Kier molecular flexibility index (Phi) is 3.11. The highest BCUT2D eigenvalue weighted by atomic mass is 35.5. The molecule has 1 aromatic rings. The molecule has 0 N–H and O–H groups in total. The first kappa shape index (κ1) is 9.07. The maximum atomic E-state index is 11.2. The van der Waals surface area contributed by atoms with Crippen LogP contribution in [-0.4, -0.2) is 5.78 Å². The molecule has 2 nitrogen and oxygen atoms in total. The predicted molar refractivity (Wildman–Crippen MR) is 47.5 cm³/mol. The molecule has 0 fully saturated rings. The van der Waals surface area contributed by atoms with Gasteiger partial charge in [-0.25, -0.2) is 0 Å². The zero-order chi connectivity index (χ0) is 8.97. The molecule has 0 bridgehead atoms. The van der Waals surface area contributed by atoms with E-state index in [-0.39, 0.29) is 5.78 Å². The molecular formula is C9H9ClO2. The van der Waals surface area contributed by atoms with Gasteiger partial charge in [-0.2, -0.15) is 0 Å². The van der Waals surface area contributed by atoms with E-state index in [9.17, 15) is 4.79 Å². The highest BCUT2D eigenvalue weighted by Gasteiger charge is 2.03. The quantitative estimate of drug-likeness (QED) is 0.676. The average molecular weight is 185 g/mol. The van der Waals surface area contributed by atoms with Crippen molar-refractivity contribution in [3.8, 4) is 5.75 Å². The lowest BCUT2D eigenvalue weighted by molar-refractivity contribution is 0.0988. The SMILES string of the molecule is CCC(=O)c1cccc(OCl)c1. The van der Waals surface area contributed by atoms with E-state index in [1.807, 2.05) is 6.92 Å². The second kappa shape index (κ2) is 4.12. The Morgan fingerprint density at radius 3 is 2.92 bits per heavy atom. The number of rotatable bonds is 3. The average Bonchev–Trinajstić information content (AvgIpc) is 2.17. The molecule has 0 aliphatic rings. The van der Waals surface area contributed by atoms with Crippen molar-refractivity contribution in [3.63, 3.8) is 0 Å². The van der Waals surface area contributed by atoms with Crippen LogP contribution in [0.25, 0.3) is 0 Å². The van der Waals surface area contributed by atoms with Crippen LogP contribution in [0, 0.1) is 0 Å². The van der Waals surface area contributed by atoms with Gasteiger partial charge in [0.1, 0.15) is 17.6 Å². The van der Waals surface area contributed by atoms with Crippen LogP contribution >= 0.6 is 11.9 Å². The summed E-state index contributed by atoms with van der Waals surface area (Å²) in [5.41, 5.74) is 0.635. The Balaban J connectivity index is 2.93. The molecule has 0 aliphatic heterocycles. The van der Waals surface area contributed by atoms with E-state index >= 15 is 0 Å². The lowest BCUT2D eigenvalue weighted by atomic mass is 10.1. The van der Waals surface area contributed by atoms with Gasteiger partial charge in [-0.15, -0.1) is 0 Å². The monoisotopic (exact) mass is 184 g/mol. The van der Waals surface area contributed by atoms with Crippen LogP contribution in [0.15, 0.2) is 24.3 Å². The Morgan fingerprint density at radius 2 is 2.33 bits per heavy atom. The minimum atomic E-state index is 0.0885. The van der Waals surface area contributed by atoms with Crippen LogP contribution in [-0.2, 0) is 0 Å². The van der Waals surface area contributed by atoms with Gasteiger partial charge in [0.25, 0.3) is 0 Å². The fraction of sp³-hybridized carbons (Fsp3) is 0.222. The summed E-state index contributed by atoms with van der Waals surface area (Å²) < 4.78 is 4.47. The van der Waals surface area contributed by atoms with Gasteiger partial charge >= 0.3 is 0 Å². The molecule has 3 heteroatoms. The second-order valence-corrected chi connectivity index (χ2v) is 2.54. The molecule has 0 saturated carbocycles. The number of ketones is 1. The predicted octanol–water partition coefficient (Wildman–Crippen LogP) is 2.81. The first-order chi connectivity index (χ1) is 5.77. The molecule has 0 saturated heterocycles. The van der Waals surface area contributed by atoms with E-state index in [0.717, 1.165) is 0 Å². The van der Waals surface area contributed by atoms with Gasteiger partial charge in [-0.1, -0.05) is 19.1 Å². The first-order valence-corrected chi connectivity index (χ1v) is 4.00. The van der Waals surface area contributed by atoms with Crippen LogP contribution < -0.4 is 4.29 Å². The van der Waals surface area contributed by atoms with Gasteiger partial charge in [-0.05, 0) is 12.1 Å². The smallest absolute Gasteiger partial charge is 0.162 e. The second-order valence-electron chi connectivity index (χ2n) is 2.38. The molecule has 1 aromatic carbocycles. The minimum absolute atomic E-state index is 0.0885. The Hall–Kier alpha value is -1.02. The summed E-state index contributed by atoms with van der Waals surface area (Å²) in [6.07, 6.45) is 0.492. The van der Waals surface area contributed by atoms with Crippen LogP contribution in [0.2, 0.25) is 0 Å². The number of hydrogen-bond acceptors (Lipinski definition) is 2. The van der Waals surface area contributed by atoms with E-state index in [1.165, 1.54) is 0 Å². The molecular weight excluding hydrogens is 176 g/mol. The molecule has 12 heavy (non-hydrogen) atoms. The van der Waals surface area contributed by atoms with Gasteiger partial charge in [0.05, 0.1) is 0 Å². The van der Waals surface area contributed by atoms with E-state index in [2.05, 4.69) is 4.29 Å². The molecule has 0 amide bonds. The van der Waals surface area contributed by atoms with Crippen molar-refractivity contribution in [1.29, 1.82) is 0 Å². The summed E-state index contributed by atoms with van der Waals surface area (Å²) in [5.74, 6) is 0.585. The summed E-state index contributed by atoms with van der Waals surface area (Å²) >= 11 is 5.14. The highest BCUT2D eigenvalue weighted by molar-refractivity contribution is 6.09. The van der Waals surface area contributed by atoms with Crippen molar-refractivity contribution in [2.75, 3.05) is 0 Å². The van der Waals surface area contributed by atoms with Gasteiger partial charge < -0.3 is 4.29 Å². The van der Waals surface area contributed by atoms with Crippen LogP contribution in [0.5, 0.6) is 5.75 Å². The lowest BCUT2D eigenvalue weighted by Crippen LogP contribution is -1.95. The highest BCUT2D eigenvalue weighted by Crippen LogP contribution is 2.15. The molecule has 0 atom stereocenters. The standard InChI is InChI=1S/C9H9ClO2/c1-2-9(11)7-4-3-5-8(6-7)12-10/h3-6H,2H2,1H3. The number of carbonyl (C=O) groups is 1. The lowest BCUT2D eigenvalue weighted by Gasteiger charge is -1.99. The van der Waals surface area contributed by atoms with Crippen LogP contribution in [0.3, 0.4) is 0 Å². The normalized spacial score (nSPS) is 9.50. The van der Waals surface area contributed by atoms with Gasteiger partial charge in [-0.3, -0.25) is 4.79 Å². The van der Waals surface area contributed by atoms with E-state index < -0.39 is 0 Å². The van der Waals surface area contributed by atoms with Crippen LogP contribution in [0.4, 0.5) is 0 Å². The summed E-state index contributed by atoms with van der Waals surface area (Å²) in [5, 5.41) is 0. The van der Waals surface area contributed by atoms with E-state index in [1.54, 1.807) is 24.3 Å². The minimum Gasteiger partial charge on any atom is -0.386 e. The molecule has 1 rings (SSSR count). The van der Waals surface area contributed by atoms with Crippen molar-refractivity contribution in [1.82, 2.24) is 0 Å². The summed E-state index contributed by atoms with van der Waals surface area (Å²) in [4.78, 5) is 11.2. The topological polar surface area (TPSA) is 26.3 Å². The van der Waals surface area contributed by atoms with Gasteiger partial charge in [0, 0.05) is 12.0 Å². The van der Waals surface area contributed by atoms with Crippen molar-refractivity contribution in [2.45, 2.75) is 13.3 Å². The third-order valence-corrected chi connectivity index (χ3v) is 1.74. The maximum Gasteiger partial charge on any atom is 0.162 e. The molecule has 0 aliphatic carbocycles. The summed E-state index contributed by atoms with van der Waals surface area (Å²) in [6.45, 7) is 1.82. The van der Waals surface area contributed by atoms with Crippen molar-refractivity contribution in [2.24, 2.45) is 0 Å². The van der Waals surface area contributed by atoms with E-state index in [0.29, 0.717) is 17.7 Å². The maximum absolute atomic E-state index is 11.2. The number of benzene rings is 1. The summed E-state index contributed by atoms with van der Waals surface area (Å²) in [7, 11) is 0. The third kappa shape index (κ3) is 1.98. The first-order valence-electron chi connectivity index (χ1n) is 3.69. The summed E-state index contributed by atoms with van der Waals surface area (Å²) in [6, 6.07) is 6.80. The largest absolute Gasteiger partial charge is 0.386 e. The third-order valence-electron chi connectivity index (χ3n) is 1.57. The van der Waals surface area contributed by atoms with Gasteiger partial charge in [0.15, 0.2) is 5.78 Å². The van der Waals surface area contributed by atoms with Crippen LogP contribution in [0.1, 0.15) is 23.7 Å². The van der Waals surface area contributed by atoms with Crippen molar-refractivity contribution >= 4 is 17.6 Å². The fourth-order valence-corrected chi connectivity index (χ4v) is 1.02. The number of halogens is 1. The Bertz CT molecular complexity index is 284. The fourth-order valence-electron chi connectivity index (χ4n) is 0.922. The molecule has 0 unspecified atom stereocenters. The van der Waals surface area contributed by atoms with Crippen molar-refractivity contribution in [3.05, 3.63) is 29.8 Å². The Morgan fingerprint density at radius 1 is 1.58 bits per heavy atom. The number of carbonyl (C=O) groups excluding carboxylic acids is 1. The number of hydrogen-bond donors (Lipinski definition) is 0. The molecule has 0 radical (unpaired) electrons. The molecule has 0 aromatic heterocycles. The zero-order valence-electron chi connectivity index (χ0n) is 6.71. The zero-order valence-corrected chi connectivity index (χ0v) is 7.47. The van der Waals surface area contributed by atoms with Crippen molar-refractivity contribution < 1.29 is 9.08 Å².